The number of nitrogen functional groups attached to an aromatic ring is 2. The molecule has 0 unspecified atom stereocenters. The maximum absolute atomic E-state index is 5.90. The van der Waals surface area contributed by atoms with Crippen molar-refractivity contribution in [3.05, 3.63) is 83.9 Å². The molecule has 0 aromatic heterocycles. The quantitative estimate of drug-likeness (QED) is 0.554. The fourth-order valence-electron chi connectivity index (χ4n) is 2.05. The summed E-state index contributed by atoms with van der Waals surface area (Å²) in [6, 6.07) is 22.7. The van der Waals surface area contributed by atoms with Crippen molar-refractivity contribution in [3.8, 4) is 23.3 Å². The normalized spacial score (nSPS) is 9.74. The topological polar surface area (TPSA) is 61.3 Å². The molecule has 3 nitrogen and oxygen atoms in total. The summed E-state index contributed by atoms with van der Waals surface area (Å²) in [6.45, 7) is 0. The number of rotatable bonds is 2. The Bertz CT molecular complexity index is 860. The molecular formula is C20H16N2O. The molecule has 0 aliphatic rings. The first-order valence-corrected chi connectivity index (χ1v) is 7.21. The van der Waals surface area contributed by atoms with Gasteiger partial charge in [0.1, 0.15) is 5.75 Å². The van der Waals surface area contributed by atoms with Gasteiger partial charge in [0.25, 0.3) is 0 Å². The van der Waals surface area contributed by atoms with Gasteiger partial charge in [-0.05, 0) is 48.5 Å². The van der Waals surface area contributed by atoms with Crippen molar-refractivity contribution in [3.63, 3.8) is 0 Å². The standard InChI is InChI=1S/C20H16N2O/c21-18-7-4-8-19(20(18)22)23-17-13-11-16(12-14-17)10-9-15-5-2-1-3-6-15/h1-8,11-14H,21-22H2. The number of anilines is 2. The third kappa shape index (κ3) is 3.63. The van der Waals surface area contributed by atoms with Gasteiger partial charge < -0.3 is 16.2 Å². The van der Waals surface area contributed by atoms with Gasteiger partial charge in [-0.25, -0.2) is 0 Å². The Balaban J connectivity index is 1.75. The third-order valence-corrected chi connectivity index (χ3v) is 3.31. The van der Waals surface area contributed by atoms with Gasteiger partial charge in [-0.15, -0.1) is 0 Å². The Morgan fingerprint density at radius 2 is 1.30 bits per heavy atom. The lowest BCUT2D eigenvalue weighted by molar-refractivity contribution is 0.485. The average Bonchev–Trinajstić information content (AvgIpc) is 2.59. The summed E-state index contributed by atoms with van der Waals surface area (Å²) in [6.07, 6.45) is 0. The minimum absolute atomic E-state index is 0.445. The van der Waals surface area contributed by atoms with Gasteiger partial charge in [0, 0.05) is 11.1 Å². The van der Waals surface area contributed by atoms with Crippen LogP contribution in [0.25, 0.3) is 0 Å². The molecule has 4 N–H and O–H groups in total. The van der Waals surface area contributed by atoms with Gasteiger partial charge in [-0.3, -0.25) is 0 Å². The monoisotopic (exact) mass is 300 g/mol. The van der Waals surface area contributed by atoms with Crippen molar-refractivity contribution >= 4 is 11.4 Å². The first kappa shape index (κ1) is 14.6. The molecule has 23 heavy (non-hydrogen) atoms. The number of ether oxygens (including phenoxy) is 1. The van der Waals surface area contributed by atoms with E-state index in [0.29, 0.717) is 22.9 Å². The van der Waals surface area contributed by atoms with E-state index in [0.717, 1.165) is 11.1 Å². The Hall–Kier alpha value is -3.38. The predicted molar refractivity (Wildman–Crippen MR) is 94.2 cm³/mol. The number of hydrogen-bond donors (Lipinski definition) is 2. The fraction of sp³-hybridized carbons (Fsp3) is 0. The molecule has 0 aliphatic carbocycles. The molecule has 3 aromatic carbocycles. The second-order valence-corrected chi connectivity index (χ2v) is 5.00. The van der Waals surface area contributed by atoms with E-state index in [9.17, 15) is 0 Å². The lowest BCUT2D eigenvalue weighted by Crippen LogP contribution is -1.97. The molecule has 0 saturated carbocycles. The van der Waals surface area contributed by atoms with Gasteiger partial charge in [-0.2, -0.15) is 0 Å². The zero-order valence-corrected chi connectivity index (χ0v) is 12.5. The van der Waals surface area contributed by atoms with Crippen molar-refractivity contribution in [2.75, 3.05) is 11.5 Å². The van der Waals surface area contributed by atoms with Crippen LogP contribution in [0, 0.1) is 11.8 Å². The van der Waals surface area contributed by atoms with Gasteiger partial charge >= 0.3 is 0 Å². The van der Waals surface area contributed by atoms with Crippen LogP contribution in [-0.4, -0.2) is 0 Å². The molecule has 0 bridgehead atoms. The zero-order valence-electron chi connectivity index (χ0n) is 12.5. The molecule has 0 fully saturated rings. The van der Waals surface area contributed by atoms with Crippen LogP contribution < -0.4 is 16.2 Å². The van der Waals surface area contributed by atoms with Crippen LogP contribution in [0.4, 0.5) is 11.4 Å². The molecule has 0 heterocycles. The van der Waals surface area contributed by atoms with Crippen molar-refractivity contribution in [2.24, 2.45) is 0 Å². The second kappa shape index (κ2) is 6.59. The molecule has 0 amide bonds. The highest BCUT2D eigenvalue weighted by atomic mass is 16.5. The van der Waals surface area contributed by atoms with E-state index in [2.05, 4.69) is 11.8 Å². The molecule has 0 aliphatic heterocycles. The molecule has 0 radical (unpaired) electrons. The minimum atomic E-state index is 0.445. The maximum Gasteiger partial charge on any atom is 0.152 e. The number of benzene rings is 3. The number of para-hydroxylation sites is 1. The summed E-state index contributed by atoms with van der Waals surface area (Å²) in [7, 11) is 0. The van der Waals surface area contributed by atoms with E-state index >= 15 is 0 Å². The second-order valence-electron chi connectivity index (χ2n) is 5.00. The minimum Gasteiger partial charge on any atom is -0.455 e. The molecule has 3 rings (SSSR count). The van der Waals surface area contributed by atoms with E-state index in [1.807, 2.05) is 54.6 Å². The summed E-state index contributed by atoms with van der Waals surface area (Å²) < 4.78 is 5.75. The average molecular weight is 300 g/mol. The Morgan fingerprint density at radius 1 is 0.652 bits per heavy atom. The Morgan fingerprint density at radius 3 is 2.00 bits per heavy atom. The molecule has 0 atom stereocenters. The van der Waals surface area contributed by atoms with E-state index in [1.54, 1.807) is 18.2 Å². The van der Waals surface area contributed by atoms with Crippen molar-refractivity contribution in [1.29, 1.82) is 0 Å². The Labute approximate surface area is 135 Å². The summed E-state index contributed by atoms with van der Waals surface area (Å²) in [5.41, 5.74) is 14.5. The van der Waals surface area contributed by atoms with Crippen molar-refractivity contribution in [2.45, 2.75) is 0 Å². The number of nitrogens with two attached hydrogens (primary N) is 2. The first-order chi connectivity index (χ1) is 11.2. The summed E-state index contributed by atoms with van der Waals surface area (Å²) in [4.78, 5) is 0. The first-order valence-electron chi connectivity index (χ1n) is 7.21. The summed E-state index contributed by atoms with van der Waals surface area (Å²) in [5.74, 6) is 7.48. The Kier molecular flexibility index (Phi) is 4.17. The van der Waals surface area contributed by atoms with Crippen LogP contribution in [0.3, 0.4) is 0 Å². The van der Waals surface area contributed by atoms with Crippen LogP contribution in [0.2, 0.25) is 0 Å². The molecule has 3 aromatic rings. The van der Waals surface area contributed by atoms with Crippen molar-refractivity contribution < 1.29 is 4.74 Å². The van der Waals surface area contributed by atoms with E-state index in [1.165, 1.54) is 0 Å². The van der Waals surface area contributed by atoms with Crippen LogP contribution >= 0.6 is 0 Å². The van der Waals surface area contributed by atoms with E-state index in [-0.39, 0.29) is 0 Å². The molecule has 3 heteroatoms. The SMILES string of the molecule is Nc1cccc(Oc2ccc(C#Cc3ccccc3)cc2)c1N. The molecule has 0 saturated heterocycles. The van der Waals surface area contributed by atoms with Crippen LogP contribution in [0.5, 0.6) is 11.5 Å². The largest absolute Gasteiger partial charge is 0.455 e. The highest BCUT2D eigenvalue weighted by Crippen LogP contribution is 2.31. The lowest BCUT2D eigenvalue weighted by atomic mass is 10.2. The predicted octanol–water partition coefficient (Wildman–Crippen LogP) is 4.04. The van der Waals surface area contributed by atoms with Crippen LogP contribution in [0.1, 0.15) is 11.1 Å². The van der Waals surface area contributed by atoms with Gasteiger partial charge in [0.05, 0.1) is 11.4 Å². The molecule has 112 valence electrons. The maximum atomic E-state index is 5.90. The van der Waals surface area contributed by atoms with Crippen molar-refractivity contribution in [1.82, 2.24) is 0 Å². The zero-order chi connectivity index (χ0) is 16.1. The molecule has 0 spiro atoms. The third-order valence-electron chi connectivity index (χ3n) is 3.31. The lowest BCUT2D eigenvalue weighted by Gasteiger charge is -2.09. The molecular weight excluding hydrogens is 284 g/mol. The van der Waals surface area contributed by atoms with Gasteiger partial charge in [0.15, 0.2) is 5.75 Å². The highest BCUT2D eigenvalue weighted by Gasteiger charge is 2.04. The van der Waals surface area contributed by atoms with Crippen LogP contribution in [0.15, 0.2) is 72.8 Å². The highest BCUT2D eigenvalue weighted by molar-refractivity contribution is 5.71. The number of hydrogen-bond acceptors (Lipinski definition) is 3. The smallest absolute Gasteiger partial charge is 0.152 e. The van der Waals surface area contributed by atoms with E-state index in [4.69, 9.17) is 16.2 Å². The van der Waals surface area contributed by atoms with Crippen LogP contribution in [-0.2, 0) is 0 Å². The van der Waals surface area contributed by atoms with Gasteiger partial charge in [-0.1, -0.05) is 36.1 Å². The fourth-order valence-corrected chi connectivity index (χ4v) is 2.05. The van der Waals surface area contributed by atoms with E-state index < -0.39 is 0 Å². The van der Waals surface area contributed by atoms with Gasteiger partial charge in [0.2, 0.25) is 0 Å². The summed E-state index contributed by atoms with van der Waals surface area (Å²) >= 11 is 0. The summed E-state index contributed by atoms with van der Waals surface area (Å²) in [5, 5.41) is 0.